The molecule has 1 atom stereocenters. The Morgan fingerprint density at radius 3 is 2.36 bits per heavy atom. The molecule has 0 saturated carbocycles. The van der Waals surface area contributed by atoms with Crippen LogP contribution in [-0.4, -0.2) is 17.0 Å². The first-order valence-corrected chi connectivity index (χ1v) is 7.26. The summed E-state index contributed by atoms with van der Waals surface area (Å²) in [5.74, 6) is -2.42. The minimum atomic E-state index is -1.06. The molecule has 2 N–H and O–H groups in total. The van der Waals surface area contributed by atoms with Crippen LogP contribution < -0.4 is 5.32 Å². The maximum Gasteiger partial charge on any atom is 0.311 e. The highest BCUT2D eigenvalue weighted by atomic mass is 35.5. The molecular weight excluding hydrogens is 325 g/mol. The zero-order valence-electron chi connectivity index (χ0n) is 11.4. The minimum Gasteiger partial charge on any atom is -0.481 e. The third-order valence-corrected chi connectivity index (χ3v) is 3.93. The normalized spacial score (nSPS) is 11.7. The number of amides is 1. The van der Waals surface area contributed by atoms with Gasteiger partial charge in [-0.15, -0.1) is 0 Å². The molecule has 6 heteroatoms. The molecule has 0 bridgehead atoms. The van der Waals surface area contributed by atoms with E-state index in [0.717, 1.165) is 0 Å². The molecule has 0 aromatic heterocycles. The van der Waals surface area contributed by atoms with Crippen molar-refractivity contribution in [1.29, 1.82) is 0 Å². The third-order valence-electron chi connectivity index (χ3n) is 3.12. The number of carboxylic acid groups (broad SMARTS) is 1. The molecule has 0 heterocycles. The molecule has 0 aliphatic carbocycles. The second-order valence-electron chi connectivity index (χ2n) is 4.66. The molecule has 4 nitrogen and oxygen atoms in total. The molecule has 2 aromatic rings. The first kappa shape index (κ1) is 16.3. The lowest BCUT2D eigenvalue weighted by atomic mass is 9.95. The standard InChI is InChI=1S/C16H13Cl2NO3/c17-12-7-4-8-13(15(12)18)19-14(20)9-11(16(21)22)10-5-2-1-3-6-10/h1-8,11H,9H2,(H,19,20)(H,21,22). The monoisotopic (exact) mass is 337 g/mol. The van der Waals surface area contributed by atoms with E-state index < -0.39 is 17.8 Å². The van der Waals surface area contributed by atoms with Crippen molar-refractivity contribution in [2.45, 2.75) is 12.3 Å². The number of hydrogen-bond acceptors (Lipinski definition) is 2. The van der Waals surface area contributed by atoms with Crippen molar-refractivity contribution >= 4 is 40.8 Å². The molecule has 0 spiro atoms. The van der Waals surface area contributed by atoms with Gasteiger partial charge in [-0.3, -0.25) is 9.59 Å². The van der Waals surface area contributed by atoms with Crippen LogP contribution in [-0.2, 0) is 9.59 Å². The predicted molar refractivity (Wildman–Crippen MR) is 86.5 cm³/mol. The topological polar surface area (TPSA) is 66.4 Å². The number of aliphatic carboxylic acids is 1. The van der Waals surface area contributed by atoms with Crippen LogP contribution in [0.5, 0.6) is 0 Å². The molecule has 22 heavy (non-hydrogen) atoms. The maximum atomic E-state index is 12.1. The summed E-state index contributed by atoms with van der Waals surface area (Å²) < 4.78 is 0. The van der Waals surface area contributed by atoms with Gasteiger partial charge < -0.3 is 10.4 Å². The number of halogens is 2. The number of anilines is 1. The van der Waals surface area contributed by atoms with Gasteiger partial charge in [-0.1, -0.05) is 59.6 Å². The molecule has 0 fully saturated rings. The van der Waals surface area contributed by atoms with E-state index in [0.29, 0.717) is 16.3 Å². The Bertz CT molecular complexity index is 689. The smallest absolute Gasteiger partial charge is 0.311 e. The molecular formula is C16H13Cl2NO3. The summed E-state index contributed by atoms with van der Waals surface area (Å²) in [5.41, 5.74) is 0.929. The Labute approximate surface area is 137 Å². The fourth-order valence-corrected chi connectivity index (χ4v) is 2.37. The SMILES string of the molecule is O=C(CC(C(=O)O)c1ccccc1)Nc1cccc(Cl)c1Cl. The Balaban J connectivity index is 2.12. The van der Waals surface area contributed by atoms with Crippen molar-refractivity contribution in [2.75, 3.05) is 5.32 Å². The van der Waals surface area contributed by atoms with Gasteiger partial charge in [0.15, 0.2) is 0 Å². The number of carbonyl (C=O) groups excluding carboxylic acids is 1. The molecule has 0 saturated heterocycles. The number of rotatable bonds is 5. The fourth-order valence-electron chi connectivity index (χ4n) is 2.02. The van der Waals surface area contributed by atoms with Crippen LogP contribution in [0.2, 0.25) is 10.0 Å². The number of benzene rings is 2. The summed E-state index contributed by atoms with van der Waals surface area (Å²) in [5, 5.41) is 12.4. The van der Waals surface area contributed by atoms with E-state index in [2.05, 4.69) is 5.32 Å². The second kappa shape index (κ2) is 7.29. The van der Waals surface area contributed by atoms with Crippen molar-refractivity contribution < 1.29 is 14.7 Å². The highest BCUT2D eigenvalue weighted by molar-refractivity contribution is 6.44. The predicted octanol–water partition coefficient (Wildman–Crippen LogP) is 4.19. The van der Waals surface area contributed by atoms with Crippen LogP contribution in [0.3, 0.4) is 0 Å². The van der Waals surface area contributed by atoms with E-state index in [1.165, 1.54) is 0 Å². The Hall–Kier alpha value is -2.04. The average molecular weight is 338 g/mol. The van der Waals surface area contributed by atoms with E-state index in [9.17, 15) is 14.7 Å². The van der Waals surface area contributed by atoms with Gasteiger partial charge in [0, 0.05) is 6.42 Å². The average Bonchev–Trinajstić information content (AvgIpc) is 2.50. The lowest BCUT2D eigenvalue weighted by Crippen LogP contribution is -2.21. The molecule has 2 aromatic carbocycles. The van der Waals surface area contributed by atoms with Crippen LogP contribution in [0.25, 0.3) is 0 Å². The lowest BCUT2D eigenvalue weighted by Gasteiger charge is -2.13. The van der Waals surface area contributed by atoms with Gasteiger partial charge in [-0.2, -0.15) is 0 Å². The molecule has 2 rings (SSSR count). The second-order valence-corrected chi connectivity index (χ2v) is 5.44. The number of carboxylic acids is 1. The number of carbonyl (C=O) groups is 2. The van der Waals surface area contributed by atoms with Gasteiger partial charge in [-0.05, 0) is 17.7 Å². The maximum absolute atomic E-state index is 12.1. The Morgan fingerprint density at radius 1 is 1.05 bits per heavy atom. The quantitative estimate of drug-likeness (QED) is 0.859. The Morgan fingerprint density at radius 2 is 1.73 bits per heavy atom. The summed E-state index contributed by atoms with van der Waals surface area (Å²) in [7, 11) is 0. The van der Waals surface area contributed by atoms with Crippen LogP contribution in [0.15, 0.2) is 48.5 Å². The summed E-state index contributed by atoms with van der Waals surface area (Å²) in [6, 6.07) is 13.5. The summed E-state index contributed by atoms with van der Waals surface area (Å²) in [4.78, 5) is 23.5. The largest absolute Gasteiger partial charge is 0.481 e. The molecule has 114 valence electrons. The summed E-state index contributed by atoms with van der Waals surface area (Å²) >= 11 is 11.9. The van der Waals surface area contributed by atoms with Gasteiger partial charge in [0.2, 0.25) is 5.91 Å². The highest BCUT2D eigenvalue weighted by Gasteiger charge is 2.23. The number of nitrogens with one attached hydrogen (secondary N) is 1. The molecule has 1 amide bonds. The zero-order valence-corrected chi connectivity index (χ0v) is 12.9. The van der Waals surface area contributed by atoms with Gasteiger partial charge in [0.25, 0.3) is 0 Å². The molecule has 0 radical (unpaired) electrons. The molecule has 0 aliphatic rings. The fraction of sp³-hybridized carbons (Fsp3) is 0.125. The Kier molecular flexibility index (Phi) is 5.41. The van der Waals surface area contributed by atoms with Gasteiger partial charge in [0.1, 0.15) is 0 Å². The van der Waals surface area contributed by atoms with E-state index in [1.54, 1.807) is 48.5 Å². The van der Waals surface area contributed by atoms with Crippen molar-refractivity contribution in [1.82, 2.24) is 0 Å². The van der Waals surface area contributed by atoms with Gasteiger partial charge in [0.05, 0.1) is 21.7 Å². The van der Waals surface area contributed by atoms with Gasteiger partial charge >= 0.3 is 5.97 Å². The van der Waals surface area contributed by atoms with Crippen molar-refractivity contribution in [2.24, 2.45) is 0 Å². The van der Waals surface area contributed by atoms with Gasteiger partial charge in [-0.25, -0.2) is 0 Å². The molecule has 0 aliphatic heterocycles. The van der Waals surface area contributed by atoms with Crippen LogP contribution >= 0.6 is 23.2 Å². The minimum absolute atomic E-state index is 0.192. The first-order valence-electron chi connectivity index (χ1n) is 6.50. The first-order chi connectivity index (χ1) is 10.5. The van der Waals surface area contributed by atoms with Crippen molar-refractivity contribution in [3.63, 3.8) is 0 Å². The van der Waals surface area contributed by atoms with E-state index in [-0.39, 0.29) is 11.4 Å². The van der Waals surface area contributed by atoms with E-state index in [4.69, 9.17) is 23.2 Å². The van der Waals surface area contributed by atoms with E-state index >= 15 is 0 Å². The van der Waals surface area contributed by atoms with Crippen LogP contribution in [0, 0.1) is 0 Å². The third kappa shape index (κ3) is 4.00. The lowest BCUT2D eigenvalue weighted by molar-refractivity contribution is -0.140. The molecule has 1 unspecified atom stereocenters. The van der Waals surface area contributed by atoms with Crippen molar-refractivity contribution in [3.8, 4) is 0 Å². The van der Waals surface area contributed by atoms with Crippen LogP contribution in [0.4, 0.5) is 5.69 Å². The highest BCUT2D eigenvalue weighted by Crippen LogP contribution is 2.30. The van der Waals surface area contributed by atoms with Crippen molar-refractivity contribution in [3.05, 3.63) is 64.1 Å². The summed E-state index contributed by atoms with van der Waals surface area (Å²) in [6.07, 6.45) is -0.192. The number of hydrogen-bond donors (Lipinski definition) is 2. The van der Waals surface area contributed by atoms with E-state index in [1.807, 2.05) is 0 Å². The zero-order chi connectivity index (χ0) is 16.1. The van der Waals surface area contributed by atoms with Crippen LogP contribution in [0.1, 0.15) is 17.9 Å². The summed E-state index contributed by atoms with van der Waals surface area (Å²) in [6.45, 7) is 0.